The molecule has 0 fully saturated rings. The van der Waals surface area contributed by atoms with Crippen LogP contribution in [0.5, 0.6) is 0 Å². The Morgan fingerprint density at radius 1 is 1.12 bits per heavy atom. The molecule has 0 aliphatic heterocycles. The normalized spacial score (nSPS) is 14.8. The fraction of sp³-hybridized carbons (Fsp3) is 0.593. The highest BCUT2D eigenvalue weighted by Crippen LogP contribution is 2.32. The smallest absolute Gasteiger partial charge is 0.222 e. The van der Waals surface area contributed by atoms with E-state index in [1.54, 1.807) is 0 Å². The first kappa shape index (κ1) is 26.3. The molecule has 178 valence electrons. The Bertz CT molecular complexity index is 865. The molecule has 0 unspecified atom stereocenters. The van der Waals surface area contributed by atoms with Gasteiger partial charge in [0.05, 0.1) is 12.7 Å². The predicted molar refractivity (Wildman–Crippen MR) is 132 cm³/mol. The van der Waals surface area contributed by atoms with Crippen molar-refractivity contribution in [1.82, 2.24) is 5.32 Å². The number of aliphatic hydroxyl groups is 2. The zero-order valence-corrected chi connectivity index (χ0v) is 20.2. The molecule has 5 nitrogen and oxygen atoms in total. The fourth-order valence-electron chi connectivity index (χ4n) is 4.34. The number of nitrogens with one attached hydrogen (secondary N) is 1. The number of carbonyl (C=O) groups excluding carboxylic acids is 1. The lowest BCUT2D eigenvalue weighted by atomic mass is 9.78. The van der Waals surface area contributed by atoms with Gasteiger partial charge in [-0.05, 0) is 59.4 Å². The van der Waals surface area contributed by atoms with Crippen molar-refractivity contribution < 1.29 is 15.0 Å². The molecule has 5 heteroatoms. The van der Waals surface area contributed by atoms with Gasteiger partial charge in [0, 0.05) is 18.5 Å². The largest absolute Gasteiger partial charge is 0.392 e. The topological polar surface area (TPSA) is 95.6 Å². The number of benzene rings is 2. The number of unbranched alkanes of at least 4 members (excludes halogenated alkanes) is 1. The Morgan fingerprint density at radius 2 is 1.75 bits per heavy atom. The first-order chi connectivity index (χ1) is 15.2. The summed E-state index contributed by atoms with van der Waals surface area (Å²) in [6, 6.07) is 11.9. The Morgan fingerprint density at radius 3 is 2.38 bits per heavy atom. The van der Waals surface area contributed by atoms with Crippen LogP contribution in [0.3, 0.4) is 0 Å². The van der Waals surface area contributed by atoms with Gasteiger partial charge in [-0.2, -0.15) is 0 Å². The number of amides is 1. The Hall–Kier alpha value is -1.95. The van der Waals surface area contributed by atoms with Gasteiger partial charge in [-0.1, -0.05) is 70.5 Å². The van der Waals surface area contributed by atoms with Crippen LogP contribution in [0.15, 0.2) is 36.4 Å². The van der Waals surface area contributed by atoms with Crippen LogP contribution >= 0.6 is 0 Å². The summed E-state index contributed by atoms with van der Waals surface area (Å²) >= 11 is 0. The number of hydrogen-bond donors (Lipinski definition) is 4. The highest BCUT2D eigenvalue weighted by molar-refractivity contribution is 5.88. The van der Waals surface area contributed by atoms with Gasteiger partial charge in [-0.15, -0.1) is 0 Å². The summed E-state index contributed by atoms with van der Waals surface area (Å²) in [4.78, 5) is 12.2. The number of aliphatic hydroxyl groups excluding tert-OH is 2. The molecule has 0 spiro atoms. The van der Waals surface area contributed by atoms with Crippen LogP contribution in [0.4, 0.5) is 0 Å². The van der Waals surface area contributed by atoms with Crippen molar-refractivity contribution in [3.63, 3.8) is 0 Å². The van der Waals surface area contributed by atoms with Crippen LogP contribution in [0.25, 0.3) is 10.8 Å². The number of carbonyl (C=O) groups is 1. The number of fused-ring (bicyclic) bond motifs is 1. The van der Waals surface area contributed by atoms with E-state index < -0.39 is 6.10 Å². The van der Waals surface area contributed by atoms with Crippen LogP contribution in [-0.2, 0) is 17.8 Å². The fourth-order valence-corrected chi connectivity index (χ4v) is 4.34. The summed E-state index contributed by atoms with van der Waals surface area (Å²) in [6.45, 7) is 9.03. The summed E-state index contributed by atoms with van der Waals surface area (Å²) in [6.07, 6.45) is 4.20. The van der Waals surface area contributed by atoms with E-state index in [0.29, 0.717) is 19.4 Å². The summed E-state index contributed by atoms with van der Waals surface area (Å²) in [5, 5.41) is 25.5. The van der Waals surface area contributed by atoms with Crippen LogP contribution < -0.4 is 11.1 Å². The van der Waals surface area contributed by atoms with E-state index in [4.69, 9.17) is 5.73 Å². The van der Waals surface area contributed by atoms with Crippen molar-refractivity contribution in [3.05, 3.63) is 47.5 Å². The maximum absolute atomic E-state index is 12.2. The zero-order chi connectivity index (χ0) is 23.7. The van der Waals surface area contributed by atoms with Crippen molar-refractivity contribution >= 4 is 16.7 Å². The second-order valence-electron chi connectivity index (χ2n) is 9.97. The van der Waals surface area contributed by atoms with E-state index in [1.807, 2.05) is 25.1 Å². The van der Waals surface area contributed by atoms with Gasteiger partial charge < -0.3 is 21.3 Å². The molecule has 0 bridgehead atoms. The standard InChI is InChI=1S/C27H42N2O3/c1-5-6-15-29-26(32)19(2)16-25(31)24(28)17-27(3,4)14-13-20-11-12-21(18-30)23-10-8-7-9-22(20)23/h7-12,19,24-25,30-31H,5-6,13-18,28H2,1-4H3,(H,29,32)/t19-,24+,25+/m1/s1. The van der Waals surface area contributed by atoms with Gasteiger partial charge in [0.2, 0.25) is 5.91 Å². The number of rotatable bonds is 13. The third-order valence-corrected chi connectivity index (χ3v) is 6.50. The van der Waals surface area contributed by atoms with Gasteiger partial charge in [-0.25, -0.2) is 0 Å². The monoisotopic (exact) mass is 442 g/mol. The van der Waals surface area contributed by atoms with Crippen LogP contribution in [0.2, 0.25) is 0 Å². The van der Waals surface area contributed by atoms with Gasteiger partial charge in [0.15, 0.2) is 0 Å². The minimum absolute atomic E-state index is 0.0119. The highest BCUT2D eigenvalue weighted by atomic mass is 16.3. The zero-order valence-electron chi connectivity index (χ0n) is 20.2. The summed E-state index contributed by atoms with van der Waals surface area (Å²) in [5.74, 6) is -0.269. The molecule has 2 aromatic carbocycles. The second kappa shape index (κ2) is 12.3. The molecule has 0 saturated heterocycles. The van der Waals surface area contributed by atoms with E-state index in [-0.39, 0.29) is 29.9 Å². The van der Waals surface area contributed by atoms with Crippen molar-refractivity contribution in [1.29, 1.82) is 0 Å². The van der Waals surface area contributed by atoms with Crippen molar-refractivity contribution in [2.45, 2.75) is 85.0 Å². The summed E-state index contributed by atoms with van der Waals surface area (Å²) < 4.78 is 0. The van der Waals surface area contributed by atoms with E-state index in [1.165, 1.54) is 10.9 Å². The van der Waals surface area contributed by atoms with Gasteiger partial charge in [-0.3, -0.25) is 4.79 Å². The van der Waals surface area contributed by atoms with E-state index in [9.17, 15) is 15.0 Å². The van der Waals surface area contributed by atoms with Crippen molar-refractivity contribution in [2.24, 2.45) is 17.1 Å². The van der Waals surface area contributed by atoms with Crippen LogP contribution in [-0.4, -0.2) is 34.8 Å². The van der Waals surface area contributed by atoms with Crippen LogP contribution in [0.1, 0.15) is 70.9 Å². The average Bonchev–Trinajstić information content (AvgIpc) is 2.77. The molecular formula is C27H42N2O3. The maximum atomic E-state index is 12.2. The molecule has 5 N–H and O–H groups in total. The molecule has 32 heavy (non-hydrogen) atoms. The molecule has 0 heterocycles. The van der Waals surface area contributed by atoms with E-state index in [0.717, 1.165) is 36.6 Å². The lowest BCUT2D eigenvalue weighted by Gasteiger charge is -2.31. The van der Waals surface area contributed by atoms with Crippen LogP contribution in [0, 0.1) is 11.3 Å². The minimum atomic E-state index is -0.703. The third-order valence-electron chi connectivity index (χ3n) is 6.50. The van der Waals surface area contributed by atoms with E-state index >= 15 is 0 Å². The number of nitrogens with two attached hydrogens (primary N) is 1. The quantitative estimate of drug-likeness (QED) is 0.348. The summed E-state index contributed by atoms with van der Waals surface area (Å²) in [5.41, 5.74) is 8.52. The number of aryl methyl sites for hydroxylation is 1. The van der Waals surface area contributed by atoms with Crippen molar-refractivity contribution in [3.8, 4) is 0 Å². The molecule has 2 aromatic rings. The third kappa shape index (κ3) is 7.58. The molecule has 0 aliphatic rings. The predicted octanol–water partition coefficient (Wildman–Crippen LogP) is 4.31. The minimum Gasteiger partial charge on any atom is -0.392 e. The average molecular weight is 443 g/mol. The molecule has 3 atom stereocenters. The molecule has 0 radical (unpaired) electrons. The lowest BCUT2D eigenvalue weighted by molar-refractivity contribution is -0.125. The molecular weight excluding hydrogens is 400 g/mol. The number of hydrogen-bond acceptors (Lipinski definition) is 4. The Balaban J connectivity index is 1.92. The first-order valence-electron chi connectivity index (χ1n) is 12.0. The molecule has 0 saturated carbocycles. The van der Waals surface area contributed by atoms with E-state index in [2.05, 4.69) is 44.3 Å². The molecule has 0 aromatic heterocycles. The van der Waals surface area contributed by atoms with Gasteiger partial charge in [0.1, 0.15) is 0 Å². The second-order valence-corrected chi connectivity index (χ2v) is 9.97. The Labute approximate surface area is 193 Å². The Kier molecular flexibility index (Phi) is 10.1. The van der Waals surface area contributed by atoms with Gasteiger partial charge in [0.25, 0.3) is 0 Å². The first-order valence-corrected chi connectivity index (χ1v) is 12.0. The molecule has 1 amide bonds. The SMILES string of the molecule is CCCCNC(=O)[C@H](C)C[C@H](O)[C@@H](N)CC(C)(C)CCc1ccc(CO)c2ccccc12. The maximum Gasteiger partial charge on any atom is 0.222 e. The molecule has 0 aliphatic carbocycles. The summed E-state index contributed by atoms with van der Waals surface area (Å²) in [7, 11) is 0. The van der Waals surface area contributed by atoms with Gasteiger partial charge >= 0.3 is 0 Å². The molecule has 2 rings (SSSR count). The highest BCUT2D eigenvalue weighted by Gasteiger charge is 2.28. The lowest BCUT2D eigenvalue weighted by Crippen LogP contribution is -2.41. The van der Waals surface area contributed by atoms with Crippen molar-refractivity contribution in [2.75, 3.05) is 6.54 Å².